The van der Waals surface area contributed by atoms with Crippen LogP contribution >= 0.6 is 11.3 Å². The van der Waals surface area contributed by atoms with Gasteiger partial charge in [0.1, 0.15) is 11.5 Å². The van der Waals surface area contributed by atoms with Crippen molar-refractivity contribution in [3.63, 3.8) is 0 Å². The maximum Gasteiger partial charge on any atom is 0.272 e. The van der Waals surface area contributed by atoms with Crippen molar-refractivity contribution in [1.29, 1.82) is 0 Å². The SMILES string of the molecule is Cc1cccnc1N1CCN(C(=O)c2cc(-c3ccsc3)n[nH]2)CC1. The van der Waals surface area contributed by atoms with Gasteiger partial charge in [0.2, 0.25) is 0 Å². The second-order valence-electron chi connectivity index (χ2n) is 6.10. The molecule has 3 aromatic rings. The molecule has 25 heavy (non-hydrogen) atoms. The van der Waals surface area contributed by atoms with Gasteiger partial charge in [-0.3, -0.25) is 9.89 Å². The van der Waals surface area contributed by atoms with Crippen molar-refractivity contribution in [3.8, 4) is 11.3 Å². The Labute approximate surface area is 150 Å². The third kappa shape index (κ3) is 3.15. The average Bonchev–Trinajstić information content (AvgIpc) is 3.33. The number of hydrogen-bond acceptors (Lipinski definition) is 5. The molecule has 7 heteroatoms. The fraction of sp³-hybridized carbons (Fsp3) is 0.278. The van der Waals surface area contributed by atoms with Gasteiger partial charge in [-0.2, -0.15) is 16.4 Å². The van der Waals surface area contributed by atoms with Crippen molar-refractivity contribution in [2.24, 2.45) is 0 Å². The van der Waals surface area contributed by atoms with Gasteiger partial charge in [-0.05, 0) is 36.1 Å². The molecule has 3 aromatic heterocycles. The van der Waals surface area contributed by atoms with Crippen molar-refractivity contribution >= 4 is 23.1 Å². The van der Waals surface area contributed by atoms with E-state index in [-0.39, 0.29) is 5.91 Å². The molecule has 1 N–H and O–H groups in total. The first-order chi connectivity index (χ1) is 12.2. The van der Waals surface area contributed by atoms with E-state index >= 15 is 0 Å². The minimum Gasteiger partial charge on any atom is -0.353 e. The van der Waals surface area contributed by atoms with E-state index in [4.69, 9.17) is 0 Å². The highest BCUT2D eigenvalue weighted by Crippen LogP contribution is 2.22. The maximum absolute atomic E-state index is 12.7. The molecule has 0 atom stereocenters. The summed E-state index contributed by atoms with van der Waals surface area (Å²) in [7, 11) is 0. The lowest BCUT2D eigenvalue weighted by atomic mass is 10.2. The monoisotopic (exact) mass is 353 g/mol. The highest BCUT2D eigenvalue weighted by Gasteiger charge is 2.24. The number of carbonyl (C=O) groups excluding carboxylic acids is 1. The summed E-state index contributed by atoms with van der Waals surface area (Å²) < 4.78 is 0. The van der Waals surface area contributed by atoms with Gasteiger partial charge in [-0.15, -0.1) is 0 Å². The highest BCUT2D eigenvalue weighted by molar-refractivity contribution is 7.08. The summed E-state index contributed by atoms with van der Waals surface area (Å²) in [5.41, 5.74) is 3.56. The van der Waals surface area contributed by atoms with Gasteiger partial charge in [0.15, 0.2) is 0 Å². The quantitative estimate of drug-likeness (QED) is 0.786. The molecule has 0 spiro atoms. The number of H-pyrrole nitrogens is 1. The number of rotatable bonds is 3. The molecule has 0 aliphatic carbocycles. The van der Waals surface area contributed by atoms with E-state index in [1.54, 1.807) is 11.3 Å². The van der Waals surface area contributed by atoms with Crippen LogP contribution in [-0.4, -0.2) is 52.2 Å². The second-order valence-corrected chi connectivity index (χ2v) is 6.88. The van der Waals surface area contributed by atoms with Crippen LogP contribution in [0.2, 0.25) is 0 Å². The van der Waals surface area contributed by atoms with Crippen LogP contribution in [-0.2, 0) is 0 Å². The predicted molar refractivity (Wildman–Crippen MR) is 99.0 cm³/mol. The van der Waals surface area contributed by atoms with Gasteiger partial charge in [0, 0.05) is 43.3 Å². The molecule has 128 valence electrons. The zero-order valence-corrected chi connectivity index (χ0v) is 14.8. The van der Waals surface area contributed by atoms with Crippen molar-refractivity contribution in [2.75, 3.05) is 31.1 Å². The van der Waals surface area contributed by atoms with Crippen LogP contribution in [0.4, 0.5) is 5.82 Å². The van der Waals surface area contributed by atoms with Crippen LogP contribution in [0.25, 0.3) is 11.3 Å². The molecule has 4 heterocycles. The smallest absolute Gasteiger partial charge is 0.272 e. The van der Waals surface area contributed by atoms with Crippen molar-refractivity contribution < 1.29 is 4.79 Å². The average molecular weight is 353 g/mol. The number of aryl methyl sites for hydroxylation is 1. The van der Waals surface area contributed by atoms with Gasteiger partial charge < -0.3 is 9.80 Å². The number of carbonyl (C=O) groups is 1. The van der Waals surface area contributed by atoms with Gasteiger partial charge in [0.25, 0.3) is 5.91 Å². The summed E-state index contributed by atoms with van der Waals surface area (Å²) in [6.07, 6.45) is 1.82. The van der Waals surface area contributed by atoms with Gasteiger partial charge in [0.05, 0.1) is 5.69 Å². The van der Waals surface area contributed by atoms with Crippen LogP contribution in [0.3, 0.4) is 0 Å². The normalized spacial score (nSPS) is 14.8. The zero-order chi connectivity index (χ0) is 17.2. The van der Waals surface area contributed by atoms with E-state index in [0.717, 1.165) is 35.7 Å². The second kappa shape index (κ2) is 6.68. The molecule has 0 unspecified atom stereocenters. The molecule has 0 saturated carbocycles. The van der Waals surface area contributed by atoms with Crippen molar-refractivity contribution in [3.05, 3.63) is 52.5 Å². The number of nitrogens with zero attached hydrogens (tertiary/aromatic N) is 4. The van der Waals surface area contributed by atoms with Crippen LogP contribution in [0.1, 0.15) is 16.1 Å². The number of pyridine rings is 1. The number of aromatic nitrogens is 3. The van der Waals surface area contributed by atoms with E-state index in [1.165, 1.54) is 0 Å². The molecule has 4 rings (SSSR count). The predicted octanol–water partition coefficient (Wildman–Crippen LogP) is 2.80. The Bertz CT molecular complexity index is 865. The number of piperazine rings is 1. The lowest BCUT2D eigenvalue weighted by Crippen LogP contribution is -2.49. The number of amides is 1. The lowest BCUT2D eigenvalue weighted by molar-refractivity contribution is 0.0740. The summed E-state index contributed by atoms with van der Waals surface area (Å²) >= 11 is 1.62. The first-order valence-electron chi connectivity index (χ1n) is 8.26. The van der Waals surface area contributed by atoms with Crippen LogP contribution < -0.4 is 4.90 Å². The van der Waals surface area contributed by atoms with E-state index in [1.807, 2.05) is 40.1 Å². The topological polar surface area (TPSA) is 65.1 Å². The molecular weight excluding hydrogens is 334 g/mol. The Hall–Kier alpha value is -2.67. The molecule has 1 fully saturated rings. The Balaban J connectivity index is 1.42. The molecule has 0 radical (unpaired) electrons. The first kappa shape index (κ1) is 15.8. The largest absolute Gasteiger partial charge is 0.353 e. The Morgan fingerprint density at radius 3 is 2.80 bits per heavy atom. The standard InChI is InChI=1S/C18H19N5OS/c1-13-3-2-5-19-17(13)22-6-8-23(9-7-22)18(24)16-11-15(20-21-16)14-4-10-25-12-14/h2-5,10-12H,6-9H2,1H3,(H,20,21). The molecule has 1 aliphatic rings. The van der Waals surface area contributed by atoms with Gasteiger partial charge in [-0.1, -0.05) is 6.07 Å². The maximum atomic E-state index is 12.7. The number of hydrogen-bond donors (Lipinski definition) is 1. The highest BCUT2D eigenvalue weighted by atomic mass is 32.1. The third-order valence-electron chi connectivity index (χ3n) is 4.47. The molecule has 0 aromatic carbocycles. The molecule has 1 amide bonds. The van der Waals surface area contributed by atoms with Gasteiger partial charge >= 0.3 is 0 Å². The van der Waals surface area contributed by atoms with E-state index in [9.17, 15) is 4.79 Å². The fourth-order valence-corrected chi connectivity index (χ4v) is 3.74. The third-order valence-corrected chi connectivity index (χ3v) is 5.16. The first-order valence-corrected chi connectivity index (χ1v) is 9.20. The Morgan fingerprint density at radius 2 is 2.08 bits per heavy atom. The summed E-state index contributed by atoms with van der Waals surface area (Å²) in [5, 5.41) is 11.2. The summed E-state index contributed by atoms with van der Waals surface area (Å²) in [4.78, 5) is 21.3. The van der Waals surface area contributed by atoms with Crippen LogP contribution in [0, 0.1) is 6.92 Å². The fourth-order valence-electron chi connectivity index (χ4n) is 3.09. The van der Waals surface area contributed by atoms with Crippen LogP contribution in [0.15, 0.2) is 41.2 Å². The summed E-state index contributed by atoms with van der Waals surface area (Å²) in [6.45, 7) is 5.00. The lowest BCUT2D eigenvalue weighted by Gasteiger charge is -2.35. The molecular formula is C18H19N5OS. The summed E-state index contributed by atoms with van der Waals surface area (Å²) in [6, 6.07) is 7.85. The molecule has 6 nitrogen and oxygen atoms in total. The molecule has 0 bridgehead atoms. The van der Waals surface area contributed by atoms with E-state index < -0.39 is 0 Å². The van der Waals surface area contributed by atoms with E-state index in [2.05, 4.69) is 33.1 Å². The van der Waals surface area contributed by atoms with E-state index in [0.29, 0.717) is 18.8 Å². The molecule has 1 aliphatic heterocycles. The number of nitrogens with one attached hydrogen (secondary N) is 1. The molecule has 1 saturated heterocycles. The van der Waals surface area contributed by atoms with Crippen molar-refractivity contribution in [2.45, 2.75) is 6.92 Å². The minimum absolute atomic E-state index is 0.00590. The number of aromatic amines is 1. The van der Waals surface area contributed by atoms with Gasteiger partial charge in [-0.25, -0.2) is 4.98 Å². The van der Waals surface area contributed by atoms with Crippen LogP contribution in [0.5, 0.6) is 0 Å². The number of thiophene rings is 1. The minimum atomic E-state index is 0.00590. The summed E-state index contributed by atoms with van der Waals surface area (Å²) in [5.74, 6) is 1.02. The number of anilines is 1. The van der Waals surface area contributed by atoms with Crippen molar-refractivity contribution in [1.82, 2.24) is 20.1 Å². The Morgan fingerprint density at radius 1 is 1.24 bits per heavy atom. The zero-order valence-electron chi connectivity index (χ0n) is 14.0. The Kier molecular flexibility index (Phi) is 4.23.